The van der Waals surface area contributed by atoms with Crippen LogP contribution in [-0.4, -0.2) is 37.1 Å². The van der Waals surface area contributed by atoms with Crippen molar-refractivity contribution in [3.05, 3.63) is 71.4 Å². The highest BCUT2D eigenvalue weighted by Gasteiger charge is 2.14. The van der Waals surface area contributed by atoms with E-state index in [0.29, 0.717) is 23.9 Å². The van der Waals surface area contributed by atoms with Crippen molar-refractivity contribution in [3.63, 3.8) is 0 Å². The molecule has 0 fully saturated rings. The lowest BCUT2D eigenvalue weighted by atomic mass is 10.1. The molecule has 1 amide bonds. The van der Waals surface area contributed by atoms with Gasteiger partial charge in [0.1, 0.15) is 5.75 Å². The van der Waals surface area contributed by atoms with Crippen LogP contribution in [-0.2, 0) is 16.0 Å². The zero-order valence-electron chi connectivity index (χ0n) is 15.9. The smallest absolute Gasteiger partial charge is 0.339 e. The number of nitrogens with zero attached hydrogens (tertiary/aromatic N) is 1. The van der Waals surface area contributed by atoms with Crippen LogP contribution in [0, 0.1) is 6.92 Å². The number of esters is 1. The number of nitrogens with one attached hydrogen (secondary N) is 1. The predicted octanol–water partition coefficient (Wildman–Crippen LogP) is 3.07. The third kappa shape index (κ3) is 4.85. The fraction of sp³-hybridized carbons (Fsp3) is 0.227. The van der Waals surface area contributed by atoms with Crippen molar-refractivity contribution >= 4 is 22.8 Å². The van der Waals surface area contributed by atoms with Crippen molar-refractivity contribution in [2.45, 2.75) is 13.3 Å². The van der Waals surface area contributed by atoms with Gasteiger partial charge in [-0.1, -0.05) is 30.3 Å². The maximum atomic E-state index is 12.4. The molecule has 0 atom stereocenters. The Labute approximate surface area is 163 Å². The number of fused-ring (bicyclic) bond motifs is 1. The molecule has 144 valence electrons. The SMILES string of the molecule is COc1ccc(CCNC(=O)COC(=O)c2cc(C)nc3ccccc23)cc1. The molecule has 1 aromatic heterocycles. The molecular formula is C22H22N2O4. The van der Waals surface area contributed by atoms with Crippen molar-refractivity contribution in [1.82, 2.24) is 10.3 Å². The van der Waals surface area contributed by atoms with Crippen molar-refractivity contribution in [2.24, 2.45) is 0 Å². The van der Waals surface area contributed by atoms with Gasteiger partial charge in [-0.15, -0.1) is 0 Å². The van der Waals surface area contributed by atoms with E-state index < -0.39 is 5.97 Å². The molecule has 2 aromatic carbocycles. The number of methoxy groups -OCH3 is 1. The van der Waals surface area contributed by atoms with E-state index in [0.717, 1.165) is 22.5 Å². The molecule has 0 spiro atoms. The largest absolute Gasteiger partial charge is 0.497 e. The Hall–Kier alpha value is -3.41. The minimum atomic E-state index is -0.535. The summed E-state index contributed by atoms with van der Waals surface area (Å²) in [6, 6.07) is 16.7. The molecule has 0 bridgehead atoms. The van der Waals surface area contributed by atoms with Crippen LogP contribution in [0.15, 0.2) is 54.6 Å². The number of amides is 1. The number of carbonyl (C=O) groups excluding carboxylic acids is 2. The maximum absolute atomic E-state index is 12.4. The number of benzene rings is 2. The van der Waals surface area contributed by atoms with Gasteiger partial charge in [-0.3, -0.25) is 9.78 Å². The number of aromatic nitrogens is 1. The average Bonchev–Trinajstić information content (AvgIpc) is 2.71. The van der Waals surface area contributed by atoms with E-state index in [4.69, 9.17) is 9.47 Å². The standard InChI is InChI=1S/C22H22N2O4/c1-15-13-19(18-5-3-4-6-20(18)24-15)22(26)28-14-21(25)23-12-11-16-7-9-17(27-2)10-8-16/h3-10,13H,11-12,14H2,1-2H3,(H,23,25). The van der Waals surface area contributed by atoms with Crippen LogP contribution < -0.4 is 10.1 Å². The van der Waals surface area contributed by atoms with Gasteiger partial charge in [0, 0.05) is 17.6 Å². The Morgan fingerprint density at radius 1 is 1.07 bits per heavy atom. The second kappa shape index (κ2) is 8.99. The molecule has 0 unspecified atom stereocenters. The molecular weight excluding hydrogens is 356 g/mol. The Bertz CT molecular complexity index is 983. The number of hydrogen-bond acceptors (Lipinski definition) is 5. The molecule has 6 nitrogen and oxygen atoms in total. The van der Waals surface area contributed by atoms with E-state index in [1.165, 1.54) is 0 Å². The highest BCUT2D eigenvalue weighted by Crippen LogP contribution is 2.19. The van der Waals surface area contributed by atoms with Crippen molar-refractivity contribution < 1.29 is 19.1 Å². The number of pyridine rings is 1. The highest BCUT2D eigenvalue weighted by atomic mass is 16.5. The number of ether oxygens (including phenoxy) is 2. The molecule has 3 rings (SSSR count). The molecule has 0 saturated heterocycles. The second-order valence-electron chi connectivity index (χ2n) is 6.35. The Morgan fingerprint density at radius 2 is 1.82 bits per heavy atom. The summed E-state index contributed by atoms with van der Waals surface area (Å²) in [5.41, 5.74) is 2.93. The minimum absolute atomic E-state index is 0.322. The fourth-order valence-electron chi connectivity index (χ4n) is 2.88. The monoisotopic (exact) mass is 378 g/mol. The number of carbonyl (C=O) groups is 2. The van der Waals surface area contributed by atoms with Crippen LogP contribution in [0.25, 0.3) is 10.9 Å². The maximum Gasteiger partial charge on any atom is 0.339 e. The van der Waals surface area contributed by atoms with Gasteiger partial charge in [-0.2, -0.15) is 0 Å². The van der Waals surface area contributed by atoms with E-state index in [9.17, 15) is 9.59 Å². The summed E-state index contributed by atoms with van der Waals surface area (Å²) in [7, 11) is 1.62. The fourth-order valence-corrected chi connectivity index (χ4v) is 2.88. The average molecular weight is 378 g/mol. The topological polar surface area (TPSA) is 77.5 Å². The molecule has 0 radical (unpaired) electrons. The van der Waals surface area contributed by atoms with Gasteiger partial charge < -0.3 is 14.8 Å². The first-order chi connectivity index (χ1) is 13.6. The van der Waals surface area contributed by atoms with Crippen molar-refractivity contribution in [2.75, 3.05) is 20.3 Å². The lowest BCUT2D eigenvalue weighted by Crippen LogP contribution is -2.30. The first-order valence-corrected chi connectivity index (χ1v) is 9.00. The molecule has 6 heteroatoms. The highest BCUT2D eigenvalue weighted by molar-refractivity contribution is 6.04. The summed E-state index contributed by atoms with van der Waals surface area (Å²) < 4.78 is 10.3. The molecule has 3 aromatic rings. The van der Waals surface area contributed by atoms with Crippen LogP contribution in [0.3, 0.4) is 0 Å². The third-order valence-corrected chi connectivity index (χ3v) is 4.29. The second-order valence-corrected chi connectivity index (χ2v) is 6.35. The van der Waals surface area contributed by atoms with E-state index in [-0.39, 0.29) is 12.5 Å². The van der Waals surface area contributed by atoms with Crippen LogP contribution in [0.1, 0.15) is 21.6 Å². The summed E-state index contributed by atoms with van der Waals surface area (Å²) in [6.45, 7) is 1.95. The number of para-hydroxylation sites is 1. The number of rotatable bonds is 7. The van der Waals surface area contributed by atoms with Gasteiger partial charge in [0.2, 0.25) is 0 Å². The van der Waals surface area contributed by atoms with Crippen LogP contribution >= 0.6 is 0 Å². The number of hydrogen-bond donors (Lipinski definition) is 1. The first kappa shape index (κ1) is 19.4. The summed E-state index contributed by atoms with van der Waals surface area (Å²) in [5.74, 6) is -0.0810. The van der Waals surface area contributed by atoms with Gasteiger partial charge in [0.15, 0.2) is 6.61 Å². The Morgan fingerprint density at radius 3 is 2.57 bits per heavy atom. The van der Waals surface area contributed by atoms with E-state index >= 15 is 0 Å². The molecule has 0 aliphatic carbocycles. The molecule has 0 saturated carbocycles. The molecule has 0 aliphatic heterocycles. The molecule has 28 heavy (non-hydrogen) atoms. The Kier molecular flexibility index (Phi) is 6.22. The van der Waals surface area contributed by atoms with E-state index in [1.807, 2.05) is 55.5 Å². The zero-order chi connectivity index (χ0) is 19.9. The lowest BCUT2D eigenvalue weighted by molar-refractivity contribution is -0.124. The normalized spacial score (nSPS) is 10.5. The van der Waals surface area contributed by atoms with Gasteiger partial charge in [0.25, 0.3) is 5.91 Å². The van der Waals surface area contributed by atoms with Crippen molar-refractivity contribution in [1.29, 1.82) is 0 Å². The van der Waals surface area contributed by atoms with E-state index in [1.54, 1.807) is 13.2 Å². The van der Waals surface area contributed by atoms with Gasteiger partial charge in [-0.05, 0) is 43.2 Å². The predicted molar refractivity (Wildman–Crippen MR) is 106 cm³/mol. The van der Waals surface area contributed by atoms with Crippen LogP contribution in [0.2, 0.25) is 0 Å². The number of aryl methyl sites for hydroxylation is 1. The first-order valence-electron chi connectivity index (χ1n) is 9.00. The molecule has 1 heterocycles. The summed E-state index contributed by atoms with van der Waals surface area (Å²) >= 11 is 0. The third-order valence-electron chi connectivity index (χ3n) is 4.29. The lowest BCUT2D eigenvalue weighted by Gasteiger charge is -2.09. The quantitative estimate of drug-likeness (QED) is 0.640. The minimum Gasteiger partial charge on any atom is -0.497 e. The Balaban J connectivity index is 1.51. The summed E-state index contributed by atoms with van der Waals surface area (Å²) in [6.07, 6.45) is 0.678. The van der Waals surface area contributed by atoms with Crippen LogP contribution in [0.4, 0.5) is 0 Å². The summed E-state index contributed by atoms with van der Waals surface area (Å²) in [4.78, 5) is 28.8. The van der Waals surface area contributed by atoms with E-state index in [2.05, 4.69) is 10.3 Å². The van der Waals surface area contributed by atoms with Crippen molar-refractivity contribution in [3.8, 4) is 5.75 Å². The summed E-state index contributed by atoms with van der Waals surface area (Å²) in [5, 5.41) is 3.46. The zero-order valence-corrected chi connectivity index (χ0v) is 15.9. The van der Waals surface area contributed by atoms with Crippen LogP contribution in [0.5, 0.6) is 5.75 Å². The van der Waals surface area contributed by atoms with Gasteiger partial charge >= 0.3 is 5.97 Å². The van der Waals surface area contributed by atoms with Gasteiger partial charge in [0.05, 0.1) is 18.2 Å². The van der Waals surface area contributed by atoms with Gasteiger partial charge in [-0.25, -0.2) is 4.79 Å². The molecule has 0 aliphatic rings. The molecule has 1 N–H and O–H groups in total.